The van der Waals surface area contributed by atoms with E-state index in [0.717, 1.165) is 26.1 Å². The quantitative estimate of drug-likeness (QED) is 0.0599. The monoisotopic (exact) mass is 663 g/mol. The molecule has 0 N–H and O–H groups in total. The van der Waals surface area contributed by atoms with Gasteiger partial charge in [-0.15, -0.1) is 0 Å². The average Bonchev–Trinajstić information content (AvgIpc) is 3.07. The van der Waals surface area contributed by atoms with Gasteiger partial charge in [-0.3, -0.25) is 0 Å². The van der Waals surface area contributed by atoms with Gasteiger partial charge in [0.2, 0.25) is 0 Å². The summed E-state index contributed by atoms with van der Waals surface area (Å²) in [4.78, 5) is 0. The highest BCUT2D eigenvalue weighted by Crippen LogP contribution is 2.11. The summed E-state index contributed by atoms with van der Waals surface area (Å²) in [6, 6.07) is 0. The Morgan fingerprint density at radius 3 is 0.522 bits per heavy atom. The third-order valence-corrected chi connectivity index (χ3v) is 7.89. The van der Waals surface area contributed by atoms with Crippen LogP contribution in [0.15, 0.2) is 0 Å². The molecule has 8 heteroatoms. The topological polar surface area (TPSA) is 73.8 Å². The van der Waals surface area contributed by atoms with Crippen LogP contribution < -0.4 is 0 Å². The molecule has 0 aliphatic heterocycles. The fourth-order valence-corrected chi connectivity index (χ4v) is 5.02. The van der Waals surface area contributed by atoms with Gasteiger partial charge in [0.25, 0.3) is 0 Å². The lowest BCUT2D eigenvalue weighted by Gasteiger charge is -2.09. The third-order valence-electron chi connectivity index (χ3n) is 7.89. The molecule has 0 heterocycles. The minimum absolute atomic E-state index is 0.554. The van der Waals surface area contributed by atoms with Gasteiger partial charge < -0.3 is 37.9 Å². The summed E-state index contributed by atoms with van der Waals surface area (Å²) in [5, 5.41) is 0. The molecule has 0 amide bonds. The Morgan fingerprint density at radius 1 is 0.174 bits per heavy atom. The Bertz CT molecular complexity index is 467. The van der Waals surface area contributed by atoms with Gasteiger partial charge in [-0.25, -0.2) is 0 Å². The SMILES string of the molecule is CCCCCCCCCCCCOCCOCCOCCOCCOCCOCCOCCOCCCCCCCCCCCC. The number of hydrogen-bond acceptors (Lipinski definition) is 8. The molecule has 0 aliphatic rings. The Kier molecular flexibility index (Phi) is 44.4. The molecule has 46 heavy (non-hydrogen) atoms. The van der Waals surface area contributed by atoms with E-state index in [1.165, 1.54) is 116 Å². The average molecular weight is 663 g/mol. The predicted octanol–water partition coefficient (Wildman–Crippen LogP) is 8.96. The standard InChI is InChI=1S/C38H78O8/c1-3-5-7-9-11-13-15-17-19-21-23-39-25-27-41-29-31-43-33-35-45-37-38-46-36-34-44-32-30-42-28-26-40-24-22-20-18-16-14-12-10-8-6-4-2/h3-38H2,1-2H3. The lowest BCUT2D eigenvalue weighted by Crippen LogP contribution is -2.15. The molecule has 0 unspecified atom stereocenters. The molecular formula is C38H78O8. The number of hydrogen-bond donors (Lipinski definition) is 0. The Balaban J connectivity index is 3.03. The summed E-state index contributed by atoms with van der Waals surface area (Å²) in [6.07, 6.45) is 27.0. The third kappa shape index (κ3) is 43.7. The first-order chi connectivity index (χ1) is 22.9. The second-order valence-electron chi connectivity index (χ2n) is 12.3. The summed E-state index contributed by atoms with van der Waals surface area (Å²) in [6.45, 7) is 14.5. The molecule has 0 fully saturated rings. The molecule has 0 saturated carbocycles. The normalized spacial score (nSPS) is 11.6. The van der Waals surface area contributed by atoms with Crippen molar-refractivity contribution in [2.45, 2.75) is 142 Å². The van der Waals surface area contributed by atoms with Gasteiger partial charge in [-0.05, 0) is 12.8 Å². The number of unbranched alkanes of at least 4 members (excludes halogenated alkanes) is 18. The summed E-state index contributed by atoms with van der Waals surface area (Å²) in [7, 11) is 0. The van der Waals surface area contributed by atoms with E-state index in [4.69, 9.17) is 37.9 Å². The molecule has 0 aromatic heterocycles. The van der Waals surface area contributed by atoms with Crippen molar-refractivity contribution < 1.29 is 37.9 Å². The zero-order chi connectivity index (χ0) is 33.1. The predicted molar refractivity (Wildman–Crippen MR) is 190 cm³/mol. The molecule has 0 aromatic carbocycles. The molecule has 0 bridgehead atoms. The fraction of sp³-hybridized carbons (Fsp3) is 1.00. The summed E-state index contributed by atoms with van der Waals surface area (Å²) in [5.41, 5.74) is 0. The van der Waals surface area contributed by atoms with Crippen molar-refractivity contribution in [3.63, 3.8) is 0 Å². The minimum Gasteiger partial charge on any atom is -0.379 e. The molecule has 0 atom stereocenters. The maximum absolute atomic E-state index is 5.66. The minimum atomic E-state index is 0.554. The van der Waals surface area contributed by atoms with E-state index >= 15 is 0 Å². The lowest BCUT2D eigenvalue weighted by molar-refractivity contribution is -0.0232. The maximum Gasteiger partial charge on any atom is 0.0701 e. The number of ether oxygens (including phenoxy) is 8. The van der Waals surface area contributed by atoms with Crippen LogP contribution in [-0.2, 0) is 37.9 Å². The van der Waals surface area contributed by atoms with Crippen LogP contribution in [0.5, 0.6) is 0 Å². The van der Waals surface area contributed by atoms with Gasteiger partial charge in [-0.1, -0.05) is 129 Å². The van der Waals surface area contributed by atoms with E-state index in [1.54, 1.807) is 0 Å². The highest BCUT2D eigenvalue weighted by atomic mass is 16.6. The van der Waals surface area contributed by atoms with Gasteiger partial charge in [0.15, 0.2) is 0 Å². The molecule has 0 aliphatic carbocycles. The van der Waals surface area contributed by atoms with Crippen LogP contribution in [0, 0.1) is 0 Å². The lowest BCUT2D eigenvalue weighted by atomic mass is 10.1. The Hall–Kier alpha value is -0.320. The highest BCUT2D eigenvalue weighted by Gasteiger charge is 1.97. The van der Waals surface area contributed by atoms with E-state index in [9.17, 15) is 0 Å². The van der Waals surface area contributed by atoms with Crippen molar-refractivity contribution in [2.24, 2.45) is 0 Å². The first kappa shape index (κ1) is 45.7. The Morgan fingerprint density at radius 2 is 0.326 bits per heavy atom. The van der Waals surface area contributed by atoms with E-state index in [2.05, 4.69) is 13.8 Å². The number of rotatable bonds is 43. The van der Waals surface area contributed by atoms with Gasteiger partial charge in [0.05, 0.1) is 92.5 Å². The fourth-order valence-electron chi connectivity index (χ4n) is 5.02. The van der Waals surface area contributed by atoms with Crippen molar-refractivity contribution in [2.75, 3.05) is 106 Å². The van der Waals surface area contributed by atoms with Crippen molar-refractivity contribution in [1.29, 1.82) is 0 Å². The van der Waals surface area contributed by atoms with Crippen LogP contribution in [0.1, 0.15) is 142 Å². The summed E-state index contributed by atoms with van der Waals surface area (Å²) >= 11 is 0. The van der Waals surface area contributed by atoms with Gasteiger partial charge in [0, 0.05) is 13.2 Å². The molecule has 0 aromatic rings. The largest absolute Gasteiger partial charge is 0.379 e. The van der Waals surface area contributed by atoms with Crippen molar-refractivity contribution >= 4 is 0 Å². The van der Waals surface area contributed by atoms with Crippen LogP contribution in [0.25, 0.3) is 0 Å². The molecule has 0 saturated heterocycles. The van der Waals surface area contributed by atoms with Crippen LogP contribution in [0.3, 0.4) is 0 Å². The molecule has 0 spiro atoms. The van der Waals surface area contributed by atoms with E-state index < -0.39 is 0 Å². The van der Waals surface area contributed by atoms with Crippen molar-refractivity contribution in [1.82, 2.24) is 0 Å². The molecular weight excluding hydrogens is 584 g/mol. The maximum atomic E-state index is 5.66. The second kappa shape index (κ2) is 44.7. The van der Waals surface area contributed by atoms with Gasteiger partial charge in [-0.2, -0.15) is 0 Å². The van der Waals surface area contributed by atoms with Crippen LogP contribution in [0.4, 0.5) is 0 Å². The summed E-state index contributed by atoms with van der Waals surface area (Å²) in [5.74, 6) is 0. The first-order valence-electron chi connectivity index (χ1n) is 19.5. The summed E-state index contributed by atoms with van der Waals surface area (Å²) < 4.78 is 44.5. The zero-order valence-electron chi connectivity index (χ0n) is 30.7. The molecule has 0 rings (SSSR count). The van der Waals surface area contributed by atoms with Gasteiger partial charge in [0.1, 0.15) is 0 Å². The highest BCUT2D eigenvalue weighted by molar-refractivity contribution is 4.49. The van der Waals surface area contributed by atoms with E-state index in [0.29, 0.717) is 92.5 Å². The van der Waals surface area contributed by atoms with Crippen LogP contribution >= 0.6 is 0 Å². The van der Waals surface area contributed by atoms with Crippen LogP contribution in [-0.4, -0.2) is 106 Å². The molecule has 278 valence electrons. The van der Waals surface area contributed by atoms with E-state index in [-0.39, 0.29) is 0 Å². The van der Waals surface area contributed by atoms with Gasteiger partial charge >= 0.3 is 0 Å². The van der Waals surface area contributed by atoms with E-state index in [1.807, 2.05) is 0 Å². The molecule has 0 radical (unpaired) electrons. The second-order valence-corrected chi connectivity index (χ2v) is 12.3. The zero-order valence-corrected chi connectivity index (χ0v) is 30.7. The Labute approximate surface area is 285 Å². The van der Waals surface area contributed by atoms with Crippen molar-refractivity contribution in [3.05, 3.63) is 0 Å². The van der Waals surface area contributed by atoms with Crippen LogP contribution in [0.2, 0.25) is 0 Å². The molecule has 8 nitrogen and oxygen atoms in total. The van der Waals surface area contributed by atoms with Crippen molar-refractivity contribution in [3.8, 4) is 0 Å². The smallest absolute Gasteiger partial charge is 0.0701 e. The first-order valence-corrected chi connectivity index (χ1v) is 19.5.